The molecule has 4 rings (SSSR count). The predicted octanol–water partition coefficient (Wildman–Crippen LogP) is 3.26. The van der Waals surface area contributed by atoms with Gasteiger partial charge in [-0.2, -0.15) is 0 Å². The van der Waals surface area contributed by atoms with E-state index in [0.717, 1.165) is 77.4 Å². The Bertz CT molecular complexity index is 764. The summed E-state index contributed by atoms with van der Waals surface area (Å²) in [6.45, 7) is 10.9. The van der Waals surface area contributed by atoms with Gasteiger partial charge in [-0.05, 0) is 75.3 Å². The summed E-state index contributed by atoms with van der Waals surface area (Å²) in [7, 11) is 1.70. The van der Waals surface area contributed by atoms with Crippen molar-refractivity contribution in [3.05, 3.63) is 29.3 Å². The molecule has 0 N–H and O–H groups in total. The second-order valence-corrected chi connectivity index (χ2v) is 9.44. The average molecular weight is 431 g/mol. The van der Waals surface area contributed by atoms with Crippen LogP contribution < -0.4 is 4.74 Å². The van der Waals surface area contributed by atoms with Gasteiger partial charge in [0.1, 0.15) is 5.75 Å². The molecule has 6 heteroatoms. The van der Waals surface area contributed by atoms with Crippen molar-refractivity contribution in [3.8, 4) is 5.75 Å². The Labute approximate surface area is 186 Å². The minimum Gasteiger partial charge on any atom is -0.497 e. The van der Waals surface area contributed by atoms with Crippen LogP contribution in [-0.2, 0) is 20.8 Å². The largest absolute Gasteiger partial charge is 0.497 e. The number of piperidine rings is 1. The van der Waals surface area contributed by atoms with Crippen LogP contribution in [0, 0.1) is 18.3 Å². The highest BCUT2D eigenvalue weighted by Gasteiger charge is 2.53. The zero-order valence-electron chi connectivity index (χ0n) is 19.4. The Balaban J connectivity index is 1.49. The van der Waals surface area contributed by atoms with Gasteiger partial charge in [-0.1, -0.05) is 6.07 Å². The number of fused-ring (bicyclic) bond motifs is 1. The summed E-state index contributed by atoms with van der Waals surface area (Å²) in [5, 5.41) is 0. The molecular formula is C25H38N2O4. The van der Waals surface area contributed by atoms with Gasteiger partial charge in [0.2, 0.25) is 0 Å². The zero-order chi connectivity index (χ0) is 21.8. The van der Waals surface area contributed by atoms with Gasteiger partial charge >= 0.3 is 5.97 Å². The molecule has 0 aromatic heterocycles. The van der Waals surface area contributed by atoms with Crippen molar-refractivity contribution in [2.75, 3.05) is 53.1 Å². The van der Waals surface area contributed by atoms with E-state index in [9.17, 15) is 4.79 Å². The van der Waals surface area contributed by atoms with Gasteiger partial charge in [-0.3, -0.25) is 14.6 Å². The molecule has 3 atom stereocenters. The number of hydrogen-bond acceptors (Lipinski definition) is 6. The first-order valence-electron chi connectivity index (χ1n) is 11.9. The second kappa shape index (κ2) is 9.88. The number of hydrogen-bond donors (Lipinski definition) is 0. The summed E-state index contributed by atoms with van der Waals surface area (Å²) in [5.41, 5.74) is 2.18. The van der Waals surface area contributed by atoms with Crippen LogP contribution in [0.2, 0.25) is 0 Å². The van der Waals surface area contributed by atoms with Crippen LogP contribution in [0.5, 0.6) is 5.75 Å². The maximum absolute atomic E-state index is 13.3. The molecule has 2 aliphatic heterocycles. The van der Waals surface area contributed by atoms with Crippen molar-refractivity contribution in [2.24, 2.45) is 11.3 Å². The zero-order valence-corrected chi connectivity index (χ0v) is 19.4. The smallest absolute Gasteiger partial charge is 0.313 e. The standard InChI is InChI=1S/C25H38N2O4/c1-4-31-24(28)25-9-7-22(27-11-13-30-14-12-27)16-21(25)8-10-26(18-25)17-20-5-6-23(29-3)15-19(20)2/h5-6,15,21-22H,4,7-14,16-18H2,1-3H3/t21-,22-,25-/m1/s1. The Kier molecular flexibility index (Phi) is 7.19. The van der Waals surface area contributed by atoms with Crippen molar-refractivity contribution in [3.63, 3.8) is 0 Å². The van der Waals surface area contributed by atoms with Crippen molar-refractivity contribution < 1.29 is 19.0 Å². The lowest BCUT2D eigenvalue weighted by molar-refractivity contribution is -0.170. The predicted molar refractivity (Wildman–Crippen MR) is 120 cm³/mol. The number of carbonyl (C=O) groups excluding carboxylic acids is 1. The van der Waals surface area contributed by atoms with Gasteiger partial charge in [-0.25, -0.2) is 0 Å². The first-order chi connectivity index (χ1) is 15.1. The molecule has 0 unspecified atom stereocenters. The number of methoxy groups -OCH3 is 1. The van der Waals surface area contributed by atoms with Crippen LogP contribution >= 0.6 is 0 Å². The molecule has 1 saturated carbocycles. The highest BCUT2D eigenvalue weighted by molar-refractivity contribution is 5.78. The minimum atomic E-state index is -0.364. The molecule has 0 amide bonds. The van der Waals surface area contributed by atoms with E-state index in [1.165, 1.54) is 11.1 Å². The molecule has 1 aliphatic carbocycles. The lowest BCUT2D eigenvalue weighted by Crippen LogP contribution is -2.58. The number of morpholine rings is 1. The van der Waals surface area contributed by atoms with Crippen LogP contribution in [-0.4, -0.2) is 74.9 Å². The Morgan fingerprint density at radius 2 is 2.03 bits per heavy atom. The highest BCUT2D eigenvalue weighted by atomic mass is 16.5. The Morgan fingerprint density at radius 1 is 1.23 bits per heavy atom. The normalized spacial score (nSPS) is 29.9. The van der Waals surface area contributed by atoms with E-state index in [1.807, 2.05) is 13.0 Å². The third-order valence-electron chi connectivity index (χ3n) is 7.75. The summed E-state index contributed by atoms with van der Waals surface area (Å²) in [4.78, 5) is 18.3. The Morgan fingerprint density at radius 3 is 2.74 bits per heavy atom. The molecule has 3 aliphatic rings. The molecular weight excluding hydrogens is 392 g/mol. The van der Waals surface area contributed by atoms with Gasteiger partial charge in [0.15, 0.2) is 0 Å². The van der Waals surface area contributed by atoms with Gasteiger partial charge in [-0.15, -0.1) is 0 Å². The van der Waals surface area contributed by atoms with Crippen LogP contribution in [0.4, 0.5) is 0 Å². The number of ether oxygens (including phenoxy) is 3. The fourth-order valence-electron chi connectivity index (χ4n) is 5.95. The number of likely N-dealkylation sites (tertiary alicyclic amines) is 1. The molecule has 3 fully saturated rings. The van der Waals surface area contributed by atoms with Crippen LogP contribution in [0.3, 0.4) is 0 Å². The lowest BCUT2D eigenvalue weighted by Gasteiger charge is -2.52. The monoisotopic (exact) mass is 430 g/mol. The van der Waals surface area contributed by atoms with Crippen molar-refractivity contribution >= 4 is 5.97 Å². The van der Waals surface area contributed by atoms with Gasteiger partial charge in [0.25, 0.3) is 0 Å². The minimum absolute atomic E-state index is 0.0246. The topological polar surface area (TPSA) is 51.2 Å². The third-order valence-corrected chi connectivity index (χ3v) is 7.75. The summed E-state index contributed by atoms with van der Waals surface area (Å²) in [6, 6.07) is 6.86. The fraction of sp³-hybridized carbons (Fsp3) is 0.720. The number of nitrogens with zero attached hydrogens (tertiary/aromatic N) is 2. The number of carbonyl (C=O) groups is 1. The summed E-state index contributed by atoms with van der Waals surface area (Å²) in [6.07, 6.45) is 4.17. The molecule has 172 valence electrons. The van der Waals surface area contributed by atoms with E-state index < -0.39 is 0 Å². The second-order valence-electron chi connectivity index (χ2n) is 9.44. The molecule has 0 bridgehead atoms. The quantitative estimate of drug-likeness (QED) is 0.646. The highest BCUT2D eigenvalue weighted by Crippen LogP contribution is 2.48. The number of rotatable bonds is 6. The first-order valence-corrected chi connectivity index (χ1v) is 11.9. The Hall–Kier alpha value is -1.63. The maximum Gasteiger partial charge on any atom is 0.313 e. The van der Waals surface area contributed by atoms with E-state index in [2.05, 4.69) is 28.9 Å². The fourth-order valence-corrected chi connectivity index (χ4v) is 5.95. The SMILES string of the molecule is CCOC(=O)[C@@]12CC[C@@H](N3CCOCC3)C[C@H]1CCN(Cc1ccc(OC)cc1C)C2. The maximum atomic E-state index is 13.3. The average Bonchev–Trinajstić information content (AvgIpc) is 2.80. The molecule has 1 aromatic rings. The molecule has 0 spiro atoms. The summed E-state index contributed by atoms with van der Waals surface area (Å²) in [5.74, 6) is 1.32. The first kappa shape index (κ1) is 22.6. The number of aryl methyl sites for hydroxylation is 1. The third kappa shape index (κ3) is 4.76. The molecule has 2 saturated heterocycles. The van der Waals surface area contributed by atoms with Crippen molar-refractivity contribution in [2.45, 2.75) is 52.1 Å². The van der Waals surface area contributed by atoms with Crippen LogP contribution in [0.25, 0.3) is 0 Å². The molecule has 6 nitrogen and oxygen atoms in total. The van der Waals surface area contributed by atoms with E-state index in [-0.39, 0.29) is 11.4 Å². The van der Waals surface area contributed by atoms with Crippen molar-refractivity contribution in [1.82, 2.24) is 9.80 Å². The molecule has 2 heterocycles. The molecule has 0 radical (unpaired) electrons. The van der Waals surface area contributed by atoms with Gasteiger partial charge in [0.05, 0.1) is 32.3 Å². The lowest BCUT2D eigenvalue weighted by atomic mass is 9.61. The molecule has 1 aromatic carbocycles. The van der Waals surface area contributed by atoms with E-state index in [4.69, 9.17) is 14.2 Å². The summed E-state index contributed by atoms with van der Waals surface area (Å²) >= 11 is 0. The van der Waals surface area contributed by atoms with E-state index >= 15 is 0 Å². The van der Waals surface area contributed by atoms with Gasteiger partial charge < -0.3 is 14.2 Å². The number of benzene rings is 1. The van der Waals surface area contributed by atoms with E-state index in [0.29, 0.717) is 18.6 Å². The van der Waals surface area contributed by atoms with Crippen molar-refractivity contribution in [1.29, 1.82) is 0 Å². The summed E-state index contributed by atoms with van der Waals surface area (Å²) < 4.78 is 16.6. The van der Waals surface area contributed by atoms with Gasteiger partial charge in [0, 0.05) is 32.2 Å². The van der Waals surface area contributed by atoms with E-state index in [1.54, 1.807) is 7.11 Å². The van der Waals surface area contributed by atoms with Crippen LogP contribution in [0.1, 0.15) is 43.7 Å². The number of esters is 1. The van der Waals surface area contributed by atoms with Crippen LogP contribution in [0.15, 0.2) is 18.2 Å². The molecule has 31 heavy (non-hydrogen) atoms.